The van der Waals surface area contributed by atoms with Crippen LogP contribution < -0.4 is 0 Å². The SMILES string of the molecule is CC(C)(C)C1CCC(C(=O)O)C(C(=O)O)C1.[NaH].[NaH]. The predicted octanol–water partition coefficient (Wildman–Crippen LogP) is 0.937. The molecule has 3 atom stereocenters. The summed E-state index contributed by atoms with van der Waals surface area (Å²) in [6.07, 6.45) is 1.77. The number of carbonyl (C=O) groups is 2. The first kappa shape index (κ1) is 21.2. The summed E-state index contributed by atoms with van der Waals surface area (Å²) < 4.78 is 0. The van der Waals surface area contributed by atoms with Crippen molar-refractivity contribution in [2.24, 2.45) is 23.2 Å². The maximum atomic E-state index is 11.1. The van der Waals surface area contributed by atoms with Crippen molar-refractivity contribution in [3.8, 4) is 0 Å². The average molecular weight is 276 g/mol. The Morgan fingerprint density at radius 1 is 0.944 bits per heavy atom. The van der Waals surface area contributed by atoms with Crippen LogP contribution >= 0.6 is 0 Å². The topological polar surface area (TPSA) is 74.6 Å². The van der Waals surface area contributed by atoms with Crippen LogP contribution in [0.5, 0.6) is 0 Å². The Bertz CT molecular complexity index is 299. The fourth-order valence-electron chi connectivity index (χ4n) is 2.53. The van der Waals surface area contributed by atoms with Gasteiger partial charge in [-0.15, -0.1) is 0 Å². The van der Waals surface area contributed by atoms with E-state index in [1.54, 1.807) is 0 Å². The molecule has 0 aromatic heterocycles. The van der Waals surface area contributed by atoms with Crippen LogP contribution in [-0.2, 0) is 9.59 Å². The van der Waals surface area contributed by atoms with Gasteiger partial charge in [0.2, 0.25) is 0 Å². The molecule has 0 bridgehead atoms. The van der Waals surface area contributed by atoms with Crippen molar-refractivity contribution in [1.29, 1.82) is 0 Å². The summed E-state index contributed by atoms with van der Waals surface area (Å²) in [5.41, 5.74) is 0.0528. The molecule has 96 valence electrons. The van der Waals surface area contributed by atoms with E-state index in [0.717, 1.165) is 6.42 Å². The summed E-state index contributed by atoms with van der Waals surface area (Å²) >= 11 is 0. The van der Waals surface area contributed by atoms with Gasteiger partial charge in [0, 0.05) is 0 Å². The number of carboxylic acid groups (broad SMARTS) is 2. The molecule has 0 amide bonds. The zero-order chi connectivity index (χ0) is 12.5. The number of rotatable bonds is 2. The van der Waals surface area contributed by atoms with Gasteiger partial charge in [-0.2, -0.15) is 0 Å². The van der Waals surface area contributed by atoms with Crippen LogP contribution in [-0.4, -0.2) is 81.3 Å². The van der Waals surface area contributed by atoms with Crippen molar-refractivity contribution < 1.29 is 19.8 Å². The first-order valence-electron chi connectivity index (χ1n) is 5.69. The van der Waals surface area contributed by atoms with Crippen molar-refractivity contribution >= 4 is 71.1 Å². The molecule has 3 unspecified atom stereocenters. The molecule has 0 saturated heterocycles. The third kappa shape index (κ3) is 5.51. The van der Waals surface area contributed by atoms with Gasteiger partial charge in [-0.1, -0.05) is 20.8 Å². The van der Waals surface area contributed by atoms with E-state index in [0.29, 0.717) is 18.8 Å². The van der Waals surface area contributed by atoms with Gasteiger partial charge in [-0.25, -0.2) is 0 Å². The van der Waals surface area contributed by atoms with Crippen molar-refractivity contribution in [3.63, 3.8) is 0 Å². The Hall–Kier alpha value is 0.940. The number of hydrogen-bond acceptors (Lipinski definition) is 2. The Morgan fingerprint density at radius 2 is 1.39 bits per heavy atom. The summed E-state index contributed by atoms with van der Waals surface area (Å²) in [5.74, 6) is -3.09. The van der Waals surface area contributed by atoms with Crippen LogP contribution in [0.25, 0.3) is 0 Å². The molecule has 6 heteroatoms. The minimum absolute atomic E-state index is 0. The van der Waals surface area contributed by atoms with Crippen molar-refractivity contribution in [1.82, 2.24) is 0 Å². The fourth-order valence-corrected chi connectivity index (χ4v) is 2.53. The van der Waals surface area contributed by atoms with Gasteiger partial charge >= 0.3 is 71.1 Å². The quantitative estimate of drug-likeness (QED) is 0.736. The van der Waals surface area contributed by atoms with E-state index < -0.39 is 23.8 Å². The zero-order valence-corrected chi connectivity index (χ0v) is 10.1. The van der Waals surface area contributed by atoms with Gasteiger partial charge in [0.1, 0.15) is 0 Å². The van der Waals surface area contributed by atoms with Crippen molar-refractivity contribution in [3.05, 3.63) is 0 Å². The van der Waals surface area contributed by atoms with Crippen molar-refractivity contribution in [2.45, 2.75) is 40.0 Å². The molecule has 0 heterocycles. The Balaban J connectivity index is 0. The first-order chi connectivity index (χ1) is 7.23. The van der Waals surface area contributed by atoms with Gasteiger partial charge in [-0.05, 0) is 30.6 Å². The average Bonchev–Trinajstić information content (AvgIpc) is 2.15. The van der Waals surface area contributed by atoms with Crippen LogP contribution in [0, 0.1) is 23.2 Å². The van der Waals surface area contributed by atoms with Crippen LogP contribution in [0.3, 0.4) is 0 Å². The fraction of sp³-hybridized carbons (Fsp3) is 0.833. The van der Waals surface area contributed by atoms with E-state index in [2.05, 4.69) is 20.8 Å². The molecule has 1 rings (SSSR count). The second-order valence-corrected chi connectivity index (χ2v) is 5.77. The maximum absolute atomic E-state index is 11.1. The van der Waals surface area contributed by atoms with Gasteiger partial charge in [0.15, 0.2) is 0 Å². The summed E-state index contributed by atoms with van der Waals surface area (Å²) in [4.78, 5) is 22.0. The molecule has 0 aromatic carbocycles. The predicted molar refractivity (Wildman–Crippen MR) is 73.3 cm³/mol. The van der Waals surface area contributed by atoms with Gasteiger partial charge in [0.25, 0.3) is 0 Å². The van der Waals surface area contributed by atoms with Crippen LogP contribution in [0.1, 0.15) is 40.0 Å². The molecule has 2 N–H and O–H groups in total. The van der Waals surface area contributed by atoms with E-state index >= 15 is 0 Å². The molecule has 0 aliphatic heterocycles. The molecule has 4 nitrogen and oxygen atoms in total. The molecular weight excluding hydrogens is 254 g/mol. The van der Waals surface area contributed by atoms with Crippen LogP contribution in [0.15, 0.2) is 0 Å². The molecule has 1 saturated carbocycles. The molecule has 1 aliphatic carbocycles. The second kappa shape index (κ2) is 8.28. The number of hydrogen-bond donors (Lipinski definition) is 2. The summed E-state index contributed by atoms with van der Waals surface area (Å²) in [7, 11) is 0. The molecule has 18 heavy (non-hydrogen) atoms. The monoisotopic (exact) mass is 276 g/mol. The third-order valence-corrected chi connectivity index (χ3v) is 3.71. The summed E-state index contributed by atoms with van der Waals surface area (Å²) in [5, 5.41) is 18.1. The molecule has 0 radical (unpaired) electrons. The standard InChI is InChI=1S/C12H20O4.2Na.2H/c1-12(2,3)7-4-5-8(10(13)14)9(6-7)11(15)16;;;;/h7-9H,4-6H2,1-3H3,(H,13,14)(H,15,16);;;;. The summed E-state index contributed by atoms with van der Waals surface area (Å²) in [6, 6.07) is 0. The summed E-state index contributed by atoms with van der Waals surface area (Å²) in [6.45, 7) is 6.24. The molecule has 0 spiro atoms. The minimum atomic E-state index is -0.972. The zero-order valence-electron chi connectivity index (χ0n) is 10.1. The molecule has 1 fully saturated rings. The Labute approximate surface area is 152 Å². The van der Waals surface area contributed by atoms with E-state index in [1.807, 2.05) is 0 Å². The van der Waals surface area contributed by atoms with Gasteiger partial charge < -0.3 is 10.2 Å². The number of aliphatic carboxylic acids is 2. The van der Waals surface area contributed by atoms with Crippen LogP contribution in [0.2, 0.25) is 0 Å². The van der Waals surface area contributed by atoms with E-state index in [9.17, 15) is 9.59 Å². The Morgan fingerprint density at radius 3 is 1.72 bits per heavy atom. The Kier molecular flexibility index (Phi) is 9.77. The normalized spacial score (nSPS) is 27.6. The third-order valence-electron chi connectivity index (χ3n) is 3.71. The van der Waals surface area contributed by atoms with E-state index in [1.165, 1.54) is 0 Å². The molecule has 1 aliphatic rings. The first-order valence-corrected chi connectivity index (χ1v) is 5.69. The van der Waals surface area contributed by atoms with Crippen LogP contribution in [0.4, 0.5) is 0 Å². The van der Waals surface area contributed by atoms with E-state index in [-0.39, 0.29) is 64.5 Å². The van der Waals surface area contributed by atoms with Gasteiger partial charge in [0.05, 0.1) is 11.8 Å². The second-order valence-electron chi connectivity index (χ2n) is 5.77. The number of carboxylic acids is 2. The van der Waals surface area contributed by atoms with Gasteiger partial charge in [-0.3, -0.25) is 9.59 Å². The molecule has 0 aromatic rings. The van der Waals surface area contributed by atoms with E-state index in [4.69, 9.17) is 10.2 Å². The van der Waals surface area contributed by atoms with Crippen molar-refractivity contribution in [2.75, 3.05) is 0 Å². The molecular formula is C12H22Na2O4.